The van der Waals surface area contributed by atoms with E-state index in [2.05, 4.69) is 35.8 Å². The van der Waals surface area contributed by atoms with Crippen molar-refractivity contribution in [2.45, 2.75) is 39.0 Å². The smallest absolute Gasteiger partial charge is 0.147 e. The van der Waals surface area contributed by atoms with E-state index in [1.165, 1.54) is 11.1 Å². The summed E-state index contributed by atoms with van der Waals surface area (Å²) in [6, 6.07) is 16.8. The Hall–Kier alpha value is -0.970. The molecule has 0 aromatic heterocycles. The molecule has 0 heterocycles. The van der Waals surface area contributed by atoms with Gasteiger partial charge in [-0.3, -0.25) is 5.32 Å². The molecule has 0 aliphatic rings. The van der Waals surface area contributed by atoms with E-state index in [9.17, 15) is 0 Å². The lowest BCUT2D eigenvalue weighted by molar-refractivity contribution is 0.193. The van der Waals surface area contributed by atoms with Crippen molar-refractivity contribution >= 4 is 36.4 Å². The third-order valence-electron chi connectivity index (χ3n) is 3.98. The van der Waals surface area contributed by atoms with E-state index in [-0.39, 0.29) is 31.0 Å². The normalized spacial score (nSPS) is 12.5. The Balaban J connectivity index is 0.00000312. The van der Waals surface area contributed by atoms with Crippen molar-refractivity contribution in [3.8, 4) is 5.75 Å². The maximum Gasteiger partial charge on any atom is 0.147 e. The first-order valence-electron chi connectivity index (χ1n) is 8.47. The number of rotatable bonds is 9. The number of nitrogens with one attached hydrogen (secondary N) is 2. The Kier molecular flexibility index (Phi) is 12.7. The Morgan fingerprint density at radius 1 is 1.00 bits per heavy atom. The zero-order chi connectivity index (χ0) is 17.4. The highest BCUT2D eigenvalue weighted by molar-refractivity contribution is 6.30. The SMILES string of the molecule is CNC(C)Oc1ccc(CC(C)NCCc2cccc(Cl)c2)cc1.Cl.Cl. The predicted octanol–water partition coefficient (Wildman–Crippen LogP) is 4.89. The van der Waals surface area contributed by atoms with Crippen LogP contribution in [0.4, 0.5) is 0 Å². The predicted molar refractivity (Wildman–Crippen MR) is 116 cm³/mol. The summed E-state index contributed by atoms with van der Waals surface area (Å²) in [5.41, 5.74) is 2.57. The molecule has 0 spiro atoms. The van der Waals surface area contributed by atoms with E-state index in [1.54, 1.807) is 0 Å². The van der Waals surface area contributed by atoms with Gasteiger partial charge in [0.2, 0.25) is 0 Å². The Morgan fingerprint density at radius 2 is 1.69 bits per heavy atom. The van der Waals surface area contributed by atoms with Crippen molar-refractivity contribution in [3.63, 3.8) is 0 Å². The van der Waals surface area contributed by atoms with Crippen LogP contribution < -0.4 is 15.4 Å². The van der Waals surface area contributed by atoms with E-state index in [0.29, 0.717) is 6.04 Å². The minimum absolute atomic E-state index is 0. The third kappa shape index (κ3) is 9.11. The second kappa shape index (κ2) is 13.2. The molecule has 0 amide bonds. The number of hydrogen-bond donors (Lipinski definition) is 2. The average Bonchev–Trinajstić information content (AvgIpc) is 2.56. The van der Waals surface area contributed by atoms with Gasteiger partial charge in [-0.1, -0.05) is 35.9 Å². The van der Waals surface area contributed by atoms with Crippen LogP contribution in [0.3, 0.4) is 0 Å². The van der Waals surface area contributed by atoms with E-state index in [0.717, 1.165) is 30.2 Å². The fourth-order valence-electron chi connectivity index (χ4n) is 2.55. The fraction of sp³-hybridized carbons (Fsp3) is 0.400. The summed E-state index contributed by atoms with van der Waals surface area (Å²) in [6.07, 6.45) is 2.00. The monoisotopic (exact) mass is 418 g/mol. The number of benzene rings is 2. The lowest BCUT2D eigenvalue weighted by atomic mass is 10.1. The van der Waals surface area contributed by atoms with E-state index in [1.807, 2.05) is 44.3 Å². The summed E-state index contributed by atoms with van der Waals surface area (Å²) in [5.74, 6) is 0.891. The van der Waals surface area contributed by atoms with Crippen molar-refractivity contribution in [3.05, 3.63) is 64.7 Å². The van der Waals surface area contributed by atoms with Gasteiger partial charge in [0.15, 0.2) is 0 Å². The first kappa shape index (κ1) is 25.0. The molecular weight excluding hydrogens is 391 g/mol. The van der Waals surface area contributed by atoms with Gasteiger partial charge in [0.05, 0.1) is 0 Å². The van der Waals surface area contributed by atoms with Crippen molar-refractivity contribution in [2.24, 2.45) is 0 Å². The van der Waals surface area contributed by atoms with Crippen molar-refractivity contribution in [1.29, 1.82) is 0 Å². The lowest BCUT2D eigenvalue weighted by Crippen LogP contribution is -2.30. The zero-order valence-electron chi connectivity index (χ0n) is 15.5. The van der Waals surface area contributed by atoms with Gasteiger partial charge in [-0.2, -0.15) is 0 Å². The first-order chi connectivity index (χ1) is 11.6. The second-order valence-electron chi connectivity index (χ2n) is 6.13. The molecule has 0 saturated carbocycles. The van der Waals surface area contributed by atoms with Crippen LogP contribution in [0.15, 0.2) is 48.5 Å². The Morgan fingerprint density at radius 3 is 2.31 bits per heavy atom. The third-order valence-corrected chi connectivity index (χ3v) is 4.22. The van der Waals surface area contributed by atoms with Gasteiger partial charge in [-0.25, -0.2) is 0 Å². The summed E-state index contributed by atoms with van der Waals surface area (Å²) in [7, 11) is 1.88. The van der Waals surface area contributed by atoms with Gasteiger partial charge in [-0.05, 0) is 75.7 Å². The molecule has 2 N–H and O–H groups in total. The number of ether oxygens (including phenoxy) is 1. The van der Waals surface area contributed by atoms with E-state index >= 15 is 0 Å². The highest BCUT2D eigenvalue weighted by atomic mass is 35.5. The first-order valence-corrected chi connectivity index (χ1v) is 8.85. The molecule has 2 aromatic carbocycles. The quantitative estimate of drug-likeness (QED) is 0.568. The largest absolute Gasteiger partial charge is 0.476 e. The summed E-state index contributed by atoms with van der Waals surface area (Å²) < 4.78 is 5.71. The van der Waals surface area contributed by atoms with Crippen LogP contribution in [-0.4, -0.2) is 25.9 Å². The number of halogens is 3. The summed E-state index contributed by atoms with van der Waals surface area (Å²) >= 11 is 6.01. The molecule has 2 rings (SSSR count). The molecule has 26 heavy (non-hydrogen) atoms. The topological polar surface area (TPSA) is 33.3 Å². The van der Waals surface area contributed by atoms with Crippen molar-refractivity contribution in [1.82, 2.24) is 10.6 Å². The molecule has 2 unspecified atom stereocenters. The molecule has 6 heteroatoms. The molecule has 146 valence electrons. The average molecular weight is 420 g/mol. The molecule has 2 atom stereocenters. The van der Waals surface area contributed by atoms with Gasteiger partial charge in [0.25, 0.3) is 0 Å². The second-order valence-corrected chi connectivity index (χ2v) is 6.57. The van der Waals surface area contributed by atoms with Gasteiger partial charge >= 0.3 is 0 Å². The van der Waals surface area contributed by atoms with Gasteiger partial charge in [0.1, 0.15) is 12.0 Å². The minimum Gasteiger partial charge on any atom is -0.476 e. The maximum absolute atomic E-state index is 6.01. The molecule has 0 saturated heterocycles. The molecule has 0 bridgehead atoms. The molecule has 0 aliphatic carbocycles. The molecule has 2 aromatic rings. The van der Waals surface area contributed by atoms with Gasteiger partial charge in [-0.15, -0.1) is 24.8 Å². The standard InChI is InChI=1S/C20H27ClN2O.2ClH/c1-15(23-12-11-17-5-4-6-19(21)14-17)13-18-7-9-20(10-8-18)24-16(2)22-3;;/h4-10,14-16,22-23H,11-13H2,1-3H3;2*1H. The molecular formula is C20H29Cl3N2O. The summed E-state index contributed by atoms with van der Waals surface area (Å²) in [4.78, 5) is 0. The molecule has 0 radical (unpaired) electrons. The van der Waals surface area contributed by atoms with Crippen LogP contribution in [-0.2, 0) is 12.8 Å². The maximum atomic E-state index is 6.01. The number of hydrogen-bond acceptors (Lipinski definition) is 3. The fourth-order valence-corrected chi connectivity index (χ4v) is 2.76. The zero-order valence-corrected chi connectivity index (χ0v) is 17.9. The highest BCUT2D eigenvalue weighted by Crippen LogP contribution is 2.15. The van der Waals surface area contributed by atoms with Crippen LogP contribution in [0.1, 0.15) is 25.0 Å². The van der Waals surface area contributed by atoms with Gasteiger partial charge < -0.3 is 10.1 Å². The summed E-state index contributed by atoms with van der Waals surface area (Å²) in [6.45, 7) is 5.15. The highest BCUT2D eigenvalue weighted by Gasteiger charge is 2.05. The van der Waals surface area contributed by atoms with E-state index < -0.39 is 0 Å². The van der Waals surface area contributed by atoms with Crippen molar-refractivity contribution < 1.29 is 4.74 Å². The Bertz CT molecular complexity index is 623. The summed E-state index contributed by atoms with van der Waals surface area (Å²) in [5, 5.41) is 7.43. The molecule has 0 aliphatic heterocycles. The Labute approximate surface area is 174 Å². The van der Waals surface area contributed by atoms with Crippen LogP contribution >= 0.6 is 36.4 Å². The minimum atomic E-state index is 0. The lowest BCUT2D eigenvalue weighted by Gasteiger charge is -2.16. The van der Waals surface area contributed by atoms with Crippen LogP contribution in [0.25, 0.3) is 0 Å². The van der Waals surface area contributed by atoms with Crippen LogP contribution in [0.2, 0.25) is 5.02 Å². The van der Waals surface area contributed by atoms with Crippen molar-refractivity contribution in [2.75, 3.05) is 13.6 Å². The molecule has 0 fully saturated rings. The van der Waals surface area contributed by atoms with Gasteiger partial charge in [0, 0.05) is 11.1 Å². The van der Waals surface area contributed by atoms with Crippen LogP contribution in [0, 0.1) is 0 Å². The van der Waals surface area contributed by atoms with Crippen LogP contribution in [0.5, 0.6) is 5.75 Å². The van der Waals surface area contributed by atoms with E-state index in [4.69, 9.17) is 16.3 Å². The molecule has 3 nitrogen and oxygen atoms in total.